The summed E-state index contributed by atoms with van der Waals surface area (Å²) < 4.78 is 19.4. The van der Waals surface area contributed by atoms with Crippen LogP contribution in [0.3, 0.4) is 0 Å². The molecule has 0 radical (unpaired) electrons. The average molecular weight is 303 g/mol. The Kier molecular flexibility index (Phi) is 2.89. The largest absolute Gasteiger partial charge is 0.495 e. The fourth-order valence-electron chi connectivity index (χ4n) is 2.17. The van der Waals surface area contributed by atoms with Crippen molar-refractivity contribution in [2.24, 2.45) is 0 Å². The van der Waals surface area contributed by atoms with Gasteiger partial charge in [-0.25, -0.2) is 4.39 Å². The van der Waals surface area contributed by atoms with Crippen molar-refractivity contribution in [1.82, 2.24) is 0 Å². The fourth-order valence-corrected chi connectivity index (χ4v) is 2.73. The van der Waals surface area contributed by atoms with Crippen LogP contribution in [0.15, 0.2) is 10.5 Å². The second-order valence-electron chi connectivity index (χ2n) is 4.26. The molecule has 1 fully saturated rings. The molecule has 0 atom stereocenters. The summed E-state index contributed by atoms with van der Waals surface area (Å²) in [6, 6.07) is 1.30. The van der Waals surface area contributed by atoms with Crippen molar-refractivity contribution in [3.05, 3.63) is 27.5 Å². The van der Waals surface area contributed by atoms with Crippen LogP contribution in [-0.2, 0) is 10.2 Å². The Morgan fingerprint density at radius 3 is 2.59 bits per heavy atom. The quantitative estimate of drug-likeness (QED) is 0.933. The molecular formula is C12H12BrFO3. The minimum absolute atomic E-state index is 0.352. The highest BCUT2D eigenvalue weighted by atomic mass is 79.9. The van der Waals surface area contributed by atoms with Crippen molar-refractivity contribution in [3.8, 4) is 5.75 Å². The zero-order chi connectivity index (χ0) is 12.8. The first kappa shape index (κ1) is 12.4. The first-order valence-corrected chi connectivity index (χ1v) is 6.00. The molecule has 0 amide bonds. The molecule has 17 heavy (non-hydrogen) atoms. The molecular weight excluding hydrogens is 291 g/mol. The van der Waals surface area contributed by atoms with Crippen LogP contribution in [0, 0.1) is 12.7 Å². The first-order valence-electron chi connectivity index (χ1n) is 5.20. The number of halogens is 2. The molecule has 0 bridgehead atoms. The molecule has 0 aliphatic heterocycles. The van der Waals surface area contributed by atoms with E-state index in [0.29, 0.717) is 34.2 Å². The molecule has 1 aromatic rings. The Hall–Kier alpha value is -1.10. The molecule has 1 aliphatic carbocycles. The van der Waals surface area contributed by atoms with Gasteiger partial charge in [0.2, 0.25) is 0 Å². The summed E-state index contributed by atoms with van der Waals surface area (Å²) in [6.45, 7) is 1.59. The van der Waals surface area contributed by atoms with Crippen LogP contribution in [0.1, 0.15) is 24.0 Å². The van der Waals surface area contributed by atoms with Gasteiger partial charge < -0.3 is 9.84 Å². The van der Waals surface area contributed by atoms with E-state index in [2.05, 4.69) is 15.9 Å². The normalized spacial score (nSPS) is 16.7. The summed E-state index contributed by atoms with van der Waals surface area (Å²) in [7, 11) is 1.46. The van der Waals surface area contributed by atoms with E-state index in [1.165, 1.54) is 13.2 Å². The van der Waals surface area contributed by atoms with Gasteiger partial charge in [-0.2, -0.15) is 0 Å². The third-order valence-corrected chi connectivity index (χ3v) is 3.86. The van der Waals surface area contributed by atoms with E-state index >= 15 is 0 Å². The topological polar surface area (TPSA) is 46.5 Å². The van der Waals surface area contributed by atoms with E-state index in [1.54, 1.807) is 6.92 Å². The molecule has 1 aromatic carbocycles. The van der Waals surface area contributed by atoms with Crippen molar-refractivity contribution in [2.75, 3.05) is 7.11 Å². The van der Waals surface area contributed by atoms with Crippen LogP contribution in [0.4, 0.5) is 4.39 Å². The molecule has 92 valence electrons. The standard InChI is InChI=1S/C12H12BrFO3/c1-6-8(14)5-7(13)10(17-2)9(6)12(3-4-12)11(15)16/h5H,3-4H2,1-2H3,(H,15,16). The fraction of sp³-hybridized carbons (Fsp3) is 0.417. The van der Waals surface area contributed by atoms with Crippen LogP contribution in [0.2, 0.25) is 0 Å². The number of hydrogen-bond acceptors (Lipinski definition) is 2. The molecule has 0 saturated heterocycles. The summed E-state index contributed by atoms with van der Waals surface area (Å²) >= 11 is 3.20. The van der Waals surface area contributed by atoms with E-state index in [4.69, 9.17) is 4.74 Å². The van der Waals surface area contributed by atoms with Crippen molar-refractivity contribution < 1.29 is 19.0 Å². The molecule has 0 spiro atoms. The lowest BCUT2D eigenvalue weighted by atomic mass is 9.90. The second-order valence-corrected chi connectivity index (χ2v) is 5.12. The van der Waals surface area contributed by atoms with Gasteiger partial charge in [0.05, 0.1) is 17.0 Å². The monoisotopic (exact) mass is 302 g/mol. The van der Waals surface area contributed by atoms with E-state index in [0.717, 1.165) is 0 Å². The van der Waals surface area contributed by atoms with Gasteiger partial charge in [0, 0.05) is 5.56 Å². The van der Waals surface area contributed by atoms with E-state index < -0.39 is 17.2 Å². The number of hydrogen-bond donors (Lipinski definition) is 1. The van der Waals surface area contributed by atoms with Crippen molar-refractivity contribution in [3.63, 3.8) is 0 Å². The first-order chi connectivity index (χ1) is 7.94. The maximum atomic E-state index is 13.7. The van der Waals surface area contributed by atoms with Crippen LogP contribution < -0.4 is 4.74 Å². The van der Waals surface area contributed by atoms with Gasteiger partial charge in [0.25, 0.3) is 0 Å². The number of carboxylic acid groups (broad SMARTS) is 1. The Morgan fingerprint density at radius 2 is 2.18 bits per heavy atom. The van der Waals surface area contributed by atoms with Gasteiger partial charge in [-0.3, -0.25) is 4.79 Å². The summed E-state index contributed by atoms with van der Waals surface area (Å²) in [5, 5.41) is 9.29. The molecule has 1 saturated carbocycles. The summed E-state index contributed by atoms with van der Waals surface area (Å²) in [6.07, 6.45) is 1.05. The van der Waals surface area contributed by atoms with Gasteiger partial charge in [-0.15, -0.1) is 0 Å². The number of carbonyl (C=O) groups is 1. The minimum Gasteiger partial charge on any atom is -0.495 e. The number of rotatable bonds is 3. The molecule has 0 unspecified atom stereocenters. The average Bonchev–Trinajstić information content (AvgIpc) is 3.04. The zero-order valence-electron chi connectivity index (χ0n) is 9.51. The Bertz CT molecular complexity index is 495. The molecule has 0 heterocycles. The van der Waals surface area contributed by atoms with Crippen molar-refractivity contribution in [1.29, 1.82) is 0 Å². The van der Waals surface area contributed by atoms with Gasteiger partial charge in [-0.1, -0.05) is 0 Å². The molecule has 5 heteroatoms. The lowest BCUT2D eigenvalue weighted by Gasteiger charge is -2.19. The highest BCUT2D eigenvalue weighted by Gasteiger charge is 2.54. The summed E-state index contributed by atoms with van der Waals surface area (Å²) in [5.74, 6) is -0.916. The number of aliphatic carboxylic acids is 1. The van der Waals surface area contributed by atoms with Gasteiger partial charge >= 0.3 is 5.97 Å². The predicted octanol–water partition coefficient (Wildman–Crippen LogP) is 3.02. The number of carboxylic acids is 1. The smallest absolute Gasteiger partial charge is 0.314 e. The third kappa shape index (κ3) is 1.73. The van der Waals surface area contributed by atoms with E-state index in [-0.39, 0.29) is 0 Å². The summed E-state index contributed by atoms with van der Waals surface area (Å²) in [5.41, 5.74) is -0.163. The third-order valence-electron chi connectivity index (χ3n) is 3.27. The highest BCUT2D eigenvalue weighted by molar-refractivity contribution is 9.10. The lowest BCUT2D eigenvalue weighted by molar-refractivity contribution is -0.140. The van der Waals surface area contributed by atoms with Crippen molar-refractivity contribution in [2.45, 2.75) is 25.2 Å². The molecule has 2 rings (SSSR count). The van der Waals surface area contributed by atoms with Gasteiger partial charge in [0.1, 0.15) is 11.6 Å². The van der Waals surface area contributed by atoms with E-state index in [1.807, 2.05) is 0 Å². The molecule has 1 aliphatic rings. The Balaban J connectivity index is 2.71. The SMILES string of the molecule is COc1c(Br)cc(F)c(C)c1C1(C(=O)O)CC1. The van der Waals surface area contributed by atoms with Gasteiger partial charge in [0.15, 0.2) is 0 Å². The minimum atomic E-state index is -0.972. The highest BCUT2D eigenvalue weighted by Crippen LogP contribution is 2.54. The molecule has 0 aromatic heterocycles. The predicted molar refractivity (Wildman–Crippen MR) is 63.9 cm³/mol. The van der Waals surface area contributed by atoms with Crippen LogP contribution in [0.5, 0.6) is 5.75 Å². The second kappa shape index (κ2) is 3.98. The maximum Gasteiger partial charge on any atom is 0.314 e. The number of methoxy groups -OCH3 is 1. The molecule has 3 nitrogen and oxygen atoms in total. The van der Waals surface area contributed by atoms with Gasteiger partial charge in [-0.05, 0) is 47.3 Å². The maximum absolute atomic E-state index is 13.7. The summed E-state index contributed by atoms with van der Waals surface area (Å²) in [4.78, 5) is 11.3. The van der Waals surface area contributed by atoms with Crippen LogP contribution in [0.25, 0.3) is 0 Å². The number of ether oxygens (including phenoxy) is 1. The van der Waals surface area contributed by atoms with E-state index in [9.17, 15) is 14.3 Å². The lowest BCUT2D eigenvalue weighted by Crippen LogP contribution is -2.22. The van der Waals surface area contributed by atoms with Crippen molar-refractivity contribution >= 4 is 21.9 Å². The zero-order valence-corrected chi connectivity index (χ0v) is 11.1. The number of benzene rings is 1. The van der Waals surface area contributed by atoms with Crippen LogP contribution >= 0.6 is 15.9 Å². The van der Waals surface area contributed by atoms with Crippen LogP contribution in [-0.4, -0.2) is 18.2 Å². The molecule has 1 N–H and O–H groups in total. The Labute approximate surface area is 107 Å². The Morgan fingerprint density at radius 1 is 1.59 bits per heavy atom.